The van der Waals surface area contributed by atoms with E-state index < -0.39 is 0 Å². The van der Waals surface area contributed by atoms with Gasteiger partial charge in [0.05, 0.1) is 0 Å². The highest BCUT2D eigenvalue weighted by Crippen LogP contribution is 1.98. The van der Waals surface area contributed by atoms with Gasteiger partial charge in [-0.2, -0.15) is 4.98 Å². The average Bonchev–Trinajstić information content (AvgIpc) is 2.71. The lowest BCUT2D eigenvalue weighted by molar-refractivity contribution is -0.135. The van der Waals surface area contributed by atoms with Gasteiger partial charge in [0.2, 0.25) is 5.91 Å². The fraction of sp³-hybridized carbons (Fsp3) is 0.700. The van der Waals surface area contributed by atoms with E-state index in [-0.39, 0.29) is 31.5 Å². The minimum Gasteiger partial charge on any atom is -0.362 e. The summed E-state index contributed by atoms with van der Waals surface area (Å²) in [7, 11) is 3.58. The summed E-state index contributed by atoms with van der Waals surface area (Å²) in [6.07, 6.45) is 0. The van der Waals surface area contributed by atoms with E-state index in [0.29, 0.717) is 18.3 Å². The number of hydrogen-bond donors (Lipinski definition) is 1. The summed E-state index contributed by atoms with van der Waals surface area (Å²) in [5, 5.41) is 6.59. The zero-order valence-electron chi connectivity index (χ0n) is 10.8. The molecule has 104 valence electrons. The molecule has 0 aromatic carbocycles. The lowest BCUT2D eigenvalue weighted by atomic mass is 10.5. The van der Waals surface area contributed by atoms with Gasteiger partial charge in [-0.15, -0.1) is 12.4 Å². The minimum atomic E-state index is -0.0727. The lowest BCUT2D eigenvalue weighted by Crippen LogP contribution is -2.35. The summed E-state index contributed by atoms with van der Waals surface area (Å²) in [5.41, 5.74) is 0. The summed E-state index contributed by atoms with van der Waals surface area (Å²) in [6.45, 7) is 3.31. The van der Waals surface area contributed by atoms with Gasteiger partial charge in [0, 0.05) is 20.1 Å². The van der Waals surface area contributed by atoms with Crippen molar-refractivity contribution in [3.63, 3.8) is 0 Å². The number of carbonyl (C=O) groups is 1. The van der Waals surface area contributed by atoms with Crippen LogP contribution in [0.25, 0.3) is 0 Å². The summed E-state index contributed by atoms with van der Waals surface area (Å²) in [4.78, 5) is 17.1. The second-order valence-corrected chi connectivity index (χ2v) is 3.65. The Hall–Kier alpha value is -1.18. The molecule has 0 aliphatic heterocycles. The number of likely N-dealkylation sites (N-methyl/N-ethyl adjacent to an activating group) is 2. The molecule has 0 saturated carbocycles. The predicted octanol–water partition coefficient (Wildman–Crippen LogP) is -0.00578. The number of hydrogen-bond acceptors (Lipinski definition) is 6. The van der Waals surface area contributed by atoms with E-state index in [2.05, 4.69) is 15.5 Å². The fourth-order valence-electron chi connectivity index (χ4n) is 1.14. The van der Waals surface area contributed by atoms with Crippen molar-refractivity contribution in [3.05, 3.63) is 11.7 Å². The zero-order chi connectivity index (χ0) is 12.7. The molecular formula is C10H19ClN4O3. The number of aryl methyl sites for hydroxylation is 1. The van der Waals surface area contributed by atoms with Gasteiger partial charge in [0.25, 0.3) is 5.89 Å². The molecule has 1 aromatic heterocycles. The summed E-state index contributed by atoms with van der Waals surface area (Å²) >= 11 is 0. The SMILES string of the molecule is CNCCN(C)C(=O)COCc1nc(C)no1.Cl. The first-order chi connectivity index (χ1) is 8.13. The van der Waals surface area contributed by atoms with E-state index in [1.807, 2.05) is 7.05 Å². The van der Waals surface area contributed by atoms with Crippen LogP contribution in [-0.2, 0) is 16.1 Å². The van der Waals surface area contributed by atoms with Gasteiger partial charge < -0.3 is 19.5 Å². The Morgan fingerprint density at radius 3 is 2.83 bits per heavy atom. The van der Waals surface area contributed by atoms with E-state index in [1.165, 1.54) is 0 Å². The Balaban J connectivity index is 0.00000289. The molecule has 0 fully saturated rings. The molecule has 0 atom stereocenters. The number of ether oxygens (including phenoxy) is 1. The topological polar surface area (TPSA) is 80.5 Å². The van der Waals surface area contributed by atoms with Gasteiger partial charge in [-0.3, -0.25) is 4.79 Å². The number of carbonyl (C=O) groups excluding carboxylic acids is 1. The van der Waals surface area contributed by atoms with Gasteiger partial charge in [-0.25, -0.2) is 0 Å². The van der Waals surface area contributed by atoms with E-state index in [9.17, 15) is 4.79 Å². The van der Waals surface area contributed by atoms with Crippen molar-refractivity contribution < 1.29 is 14.1 Å². The Bertz CT molecular complexity index is 359. The third-order valence-corrected chi connectivity index (χ3v) is 2.14. The highest BCUT2D eigenvalue weighted by molar-refractivity contribution is 5.85. The third kappa shape index (κ3) is 5.95. The van der Waals surface area contributed by atoms with E-state index in [1.54, 1.807) is 18.9 Å². The lowest BCUT2D eigenvalue weighted by Gasteiger charge is -2.16. The number of nitrogens with zero attached hydrogens (tertiary/aromatic N) is 3. The Morgan fingerprint density at radius 2 is 2.28 bits per heavy atom. The second kappa shape index (κ2) is 8.84. The minimum absolute atomic E-state index is 0. The molecular weight excluding hydrogens is 260 g/mol. The summed E-state index contributed by atoms with van der Waals surface area (Å²) < 4.78 is 10.0. The molecule has 0 bridgehead atoms. The number of halogens is 1. The van der Waals surface area contributed by atoms with Crippen LogP contribution in [0.15, 0.2) is 4.52 Å². The van der Waals surface area contributed by atoms with Crippen LogP contribution in [0, 0.1) is 6.92 Å². The number of amides is 1. The number of nitrogens with one attached hydrogen (secondary N) is 1. The maximum Gasteiger partial charge on any atom is 0.252 e. The van der Waals surface area contributed by atoms with E-state index in [0.717, 1.165) is 6.54 Å². The van der Waals surface area contributed by atoms with Crippen molar-refractivity contribution in [1.29, 1.82) is 0 Å². The number of rotatable bonds is 7. The molecule has 1 amide bonds. The molecule has 1 heterocycles. The Morgan fingerprint density at radius 1 is 1.56 bits per heavy atom. The van der Waals surface area contributed by atoms with Crippen LogP contribution in [0.4, 0.5) is 0 Å². The van der Waals surface area contributed by atoms with Crippen LogP contribution in [0.2, 0.25) is 0 Å². The fourth-order valence-corrected chi connectivity index (χ4v) is 1.14. The standard InChI is InChI=1S/C10H18N4O3.ClH/c1-8-12-9(17-13-8)6-16-7-10(15)14(3)5-4-11-2;/h11H,4-7H2,1-3H3;1H. The molecule has 0 unspecified atom stereocenters. The van der Waals surface area contributed by atoms with Crippen molar-refractivity contribution in [2.24, 2.45) is 0 Å². The average molecular weight is 279 g/mol. The molecule has 0 saturated heterocycles. The number of aromatic nitrogens is 2. The molecule has 0 spiro atoms. The van der Waals surface area contributed by atoms with Crippen LogP contribution < -0.4 is 5.32 Å². The van der Waals surface area contributed by atoms with Gasteiger partial charge in [-0.1, -0.05) is 5.16 Å². The molecule has 0 aliphatic rings. The van der Waals surface area contributed by atoms with Crippen LogP contribution >= 0.6 is 12.4 Å². The van der Waals surface area contributed by atoms with Gasteiger partial charge in [0.15, 0.2) is 5.82 Å². The normalized spacial score (nSPS) is 9.94. The van der Waals surface area contributed by atoms with E-state index in [4.69, 9.17) is 9.26 Å². The third-order valence-electron chi connectivity index (χ3n) is 2.14. The molecule has 0 aliphatic carbocycles. The van der Waals surface area contributed by atoms with Crippen LogP contribution in [0.3, 0.4) is 0 Å². The maximum absolute atomic E-state index is 11.6. The van der Waals surface area contributed by atoms with Crippen molar-refractivity contribution in [2.75, 3.05) is 33.8 Å². The first-order valence-corrected chi connectivity index (χ1v) is 5.39. The molecule has 18 heavy (non-hydrogen) atoms. The van der Waals surface area contributed by atoms with Crippen LogP contribution in [0.1, 0.15) is 11.7 Å². The summed E-state index contributed by atoms with van der Waals surface area (Å²) in [6, 6.07) is 0. The molecule has 8 heteroatoms. The molecule has 1 N–H and O–H groups in total. The van der Waals surface area contributed by atoms with Crippen molar-refractivity contribution in [3.8, 4) is 0 Å². The van der Waals surface area contributed by atoms with Gasteiger partial charge >= 0.3 is 0 Å². The molecule has 0 radical (unpaired) electrons. The zero-order valence-corrected chi connectivity index (χ0v) is 11.6. The Labute approximate surface area is 112 Å². The highest BCUT2D eigenvalue weighted by Gasteiger charge is 2.09. The monoisotopic (exact) mass is 278 g/mol. The molecule has 1 rings (SSSR count). The van der Waals surface area contributed by atoms with Gasteiger partial charge in [-0.05, 0) is 14.0 Å². The van der Waals surface area contributed by atoms with E-state index >= 15 is 0 Å². The maximum atomic E-state index is 11.6. The smallest absolute Gasteiger partial charge is 0.252 e. The molecule has 7 nitrogen and oxygen atoms in total. The summed E-state index contributed by atoms with van der Waals surface area (Å²) in [5.74, 6) is 0.866. The first-order valence-electron chi connectivity index (χ1n) is 5.39. The highest BCUT2D eigenvalue weighted by atomic mass is 35.5. The molecule has 1 aromatic rings. The van der Waals surface area contributed by atoms with Crippen molar-refractivity contribution in [1.82, 2.24) is 20.4 Å². The van der Waals surface area contributed by atoms with Crippen molar-refractivity contribution in [2.45, 2.75) is 13.5 Å². The predicted molar refractivity (Wildman–Crippen MR) is 67.5 cm³/mol. The largest absolute Gasteiger partial charge is 0.362 e. The van der Waals surface area contributed by atoms with Crippen LogP contribution in [-0.4, -0.2) is 54.7 Å². The quantitative estimate of drug-likeness (QED) is 0.756. The Kier molecular flexibility index (Phi) is 8.27. The first kappa shape index (κ1) is 16.8. The van der Waals surface area contributed by atoms with Crippen LogP contribution in [0.5, 0.6) is 0 Å². The van der Waals surface area contributed by atoms with Crippen molar-refractivity contribution >= 4 is 18.3 Å². The van der Waals surface area contributed by atoms with Gasteiger partial charge in [0.1, 0.15) is 13.2 Å². The second-order valence-electron chi connectivity index (χ2n) is 3.65.